The van der Waals surface area contributed by atoms with E-state index in [0.717, 1.165) is 29.4 Å². The van der Waals surface area contributed by atoms with Crippen LogP contribution in [0.3, 0.4) is 0 Å². The summed E-state index contributed by atoms with van der Waals surface area (Å²) in [4.78, 5) is 24.4. The number of rotatable bonds is 5. The minimum atomic E-state index is -2.64. The van der Waals surface area contributed by atoms with E-state index in [0.29, 0.717) is 47.3 Å². The van der Waals surface area contributed by atoms with Gasteiger partial charge < -0.3 is 24.5 Å². The van der Waals surface area contributed by atoms with Gasteiger partial charge in [-0.3, -0.25) is 4.79 Å². The molecule has 188 valence electrons. The highest BCUT2D eigenvalue weighted by atomic mass is 19.3. The summed E-state index contributed by atoms with van der Waals surface area (Å²) in [7, 11) is 3.45. The number of imidazole rings is 1. The SMILES string of the molecule is CCn1c(-c2nc3cc(C(=O)N4CC5CCC4C5N)cc(OC)c3n2C)cc2ccc(C(F)F)nc21. The Labute approximate surface area is 206 Å². The Morgan fingerprint density at radius 2 is 2.03 bits per heavy atom. The Bertz CT molecular complexity index is 1510. The van der Waals surface area contributed by atoms with Gasteiger partial charge in [0.25, 0.3) is 12.3 Å². The molecule has 36 heavy (non-hydrogen) atoms. The van der Waals surface area contributed by atoms with Crippen molar-refractivity contribution < 1.29 is 18.3 Å². The van der Waals surface area contributed by atoms with E-state index >= 15 is 0 Å². The second kappa shape index (κ2) is 8.26. The number of methoxy groups -OCH3 is 1. The van der Waals surface area contributed by atoms with Crippen LogP contribution in [0.5, 0.6) is 5.75 Å². The van der Waals surface area contributed by atoms with Crippen molar-refractivity contribution in [1.29, 1.82) is 0 Å². The van der Waals surface area contributed by atoms with Crippen LogP contribution in [0.25, 0.3) is 33.6 Å². The highest BCUT2D eigenvalue weighted by Crippen LogP contribution is 2.39. The fraction of sp³-hybridized carbons (Fsp3) is 0.423. The van der Waals surface area contributed by atoms with Gasteiger partial charge in [0.15, 0.2) is 5.82 Å². The maximum atomic E-state index is 13.5. The number of alkyl halides is 2. The molecule has 1 amide bonds. The van der Waals surface area contributed by atoms with E-state index in [1.165, 1.54) is 6.07 Å². The number of carbonyl (C=O) groups excluding carboxylic acids is 1. The van der Waals surface area contributed by atoms with E-state index in [9.17, 15) is 13.6 Å². The molecule has 3 unspecified atom stereocenters. The Morgan fingerprint density at radius 3 is 2.67 bits per heavy atom. The predicted octanol–water partition coefficient (Wildman–Crippen LogP) is 4.12. The van der Waals surface area contributed by atoms with Crippen molar-refractivity contribution in [1.82, 2.24) is 24.0 Å². The lowest BCUT2D eigenvalue weighted by Crippen LogP contribution is -2.41. The summed E-state index contributed by atoms with van der Waals surface area (Å²) in [5.74, 6) is 1.48. The highest BCUT2D eigenvalue weighted by molar-refractivity contribution is 6.00. The molecule has 1 aliphatic heterocycles. The van der Waals surface area contributed by atoms with Crippen LogP contribution >= 0.6 is 0 Å². The van der Waals surface area contributed by atoms with Crippen molar-refractivity contribution >= 4 is 28.0 Å². The second-order valence-electron chi connectivity index (χ2n) is 9.70. The first-order chi connectivity index (χ1) is 17.3. The Hall–Kier alpha value is -3.53. The third-order valence-electron chi connectivity index (χ3n) is 7.85. The zero-order chi connectivity index (χ0) is 25.3. The molecule has 4 heterocycles. The summed E-state index contributed by atoms with van der Waals surface area (Å²) < 4.78 is 36.1. The molecule has 0 radical (unpaired) electrons. The van der Waals surface area contributed by atoms with E-state index in [2.05, 4.69) is 4.98 Å². The fourth-order valence-electron chi connectivity index (χ4n) is 6.04. The molecule has 2 N–H and O–H groups in total. The van der Waals surface area contributed by atoms with Gasteiger partial charge in [-0.25, -0.2) is 18.7 Å². The van der Waals surface area contributed by atoms with Crippen LogP contribution in [0.4, 0.5) is 8.78 Å². The van der Waals surface area contributed by atoms with E-state index < -0.39 is 6.43 Å². The molecule has 2 bridgehead atoms. The number of carbonyl (C=O) groups is 1. The van der Waals surface area contributed by atoms with E-state index in [1.54, 1.807) is 25.3 Å². The average Bonchev–Trinajstić information content (AvgIpc) is 3.61. The van der Waals surface area contributed by atoms with E-state index in [-0.39, 0.29) is 23.7 Å². The van der Waals surface area contributed by atoms with Crippen molar-refractivity contribution in [3.05, 3.63) is 41.6 Å². The number of ether oxygens (including phenoxy) is 1. The molecular weight excluding hydrogens is 466 g/mol. The third-order valence-corrected chi connectivity index (χ3v) is 7.85. The molecule has 1 saturated carbocycles. The van der Waals surface area contributed by atoms with Gasteiger partial charge in [-0.2, -0.15) is 0 Å². The molecule has 10 heteroatoms. The molecule has 6 rings (SSSR count). The number of piperidine rings is 1. The molecule has 8 nitrogen and oxygen atoms in total. The van der Waals surface area contributed by atoms with Gasteiger partial charge in [-0.1, -0.05) is 0 Å². The summed E-state index contributed by atoms with van der Waals surface area (Å²) in [6.07, 6.45) is -0.636. The number of fused-ring (bicyclic) bond motifs is 4. The summed E-state index contributed by atoms with van der Waals surface area (Å²) in [6.45, 7) is 3.15. The number of nitrogens with two attached hydrogens (primary N) is 1. The maximum Gasteiger partial charge on any atom is 0.280 e. The van der Waals surface area contributed by atoms with Crippen molar-refractivity contribution in [3.8, 4) is 17.3 Å². The van der Waals surface area contributed by atoms with Gasteiger partial charge in [0.05, 0.1) is 18.3 Å². The van der Waals surface area contributed by atoms with Gasteiger partial charge in [0.2, 0.25) is 0 Å². The lowest BCUT2D eigenvalue weighted by Gasteiger charge is -2.27. The smallest absolute Gasteiger partial charge is 0.280 e. The van der Waals surface area contributed by atoms with Crippen LogP contribution in [-0.2, 0) is 13.6 Å². The largest absolute Gasteiger partial charge is 0.494 e. The van der Waals surface area contributed by atoms with Crippen molar-refractivity contribution in [2.45, 2.75) is 44.8 Å². The number of benzene rings is 1. The van der Waals surface area contributed by atoms with Gasteiger partial charge >= 0.3 is 0 Å². The summed E-state index contributed by atoms with van der Waals surface area (Å²) >= 11 is 0. The Balaban J connectivity index is 1.47. The van der Waals surface area contributed by atoms with Crippen LogP contribution < -0.4 is 10.5 Å². The first kappa shape index (κ1) is 22.9. The number of hydrogen-bond donors (Lipinski definition) is 1. The first-order valence-corrected chi connectivity index (χ1v) is 12.2. The van der Waals surface area contributed by atoms with Crippen LogP contribution in [0, 0.1) is 5.92 Å². The minimum Gasteiger partial charge on any atom is -0.494 e. The minimum absolute atomic E-state index is 0.0381. The zero-order valence-corrected chi connectivity index (χ0v) is 20.4. The molecule has 1 aromatic carbocycles. The Kier molecular flexibility index (Phi) is 5.26. The summed E-state index contributed by atoms with van der Waals surface area (Å²) in [5, 5.41) is 0.756. The molecular formula is C26H28F2N6O2. The lowest BCUT2D eigenvalue weighted by molar-refractivity contribution is 0.0700. The standard InChI is InChI=1S/C26H28F2N6O2/c1-4-33-19(10-13-5-7-16(23(27)28)30-24(13)33)25-31-17-9-15(11-20(36-3)22(17)32(25)2)26(35)34-12-14-6-8-18(34)21(14)29/h5,7,9-11,14,18,21,23H,4,6,8,12,29H2,1-3H3. The van der Waals surface area contributed by atoms with Crippen LogP contribution in [0.1, 0.15) is 42.2 Å². The Morgan fingerprint density at radius 1 is 1.22 bits per heavy atom. The van der Waals surface area contributed by atoms with Crippen LogP contribution in [-0.4, -0.2) is 55.6 Å². The maximum absolute atomic E-state index is 13.5. The van der Waals surface area contributed by atoms with Crippen molar-refractivity contribution in [2.75, 3.05) is 13.7 Å². The first-order valence-electron chi connectivity index (χ1n) is 12.2. The van der Waals surface area contributed by atoms with Crippen molar-refractivity contribution in [2.24, 2.45) is 18.7 Å². The topological polar surface area (TPSA) is 91.2 Å². The molecule has 3 aromatic heterocycles. The second-order valence-corrected chi connectivity index (χ2v) is 9.70. The monoisotopic (exact) mass is 494 g/mol. The predicted molar refractivity (Wildman–Crippen MR) is 132 cm³/mol. The number of amides is 1. The van der Waals surface area contributed by atoms with Crippen molar-refractivity contribution in [3.63, 3.8) is 0 Å². The molecule has 3 atom stereocenters. The van der Waals surface area contributed by atoms with E-state index in [4.69, 9.17) is 15.5 Å². The number of pyridine rings is 1. The molecule has 1 saturated heterocycles. The number of likely N-dealkylation sites (tertiary alicyclic amines) is 1. The lowest BCUT2D eigenvalue weighted by atomic mass is 10.1. The molecule has 0 spiro atoms. The molecule has 2 fully saturated rings. The van der Waals surface area contributed by atoms with Gasteiger partial charge in [-0.15, -0.1) is 0 Å². The summed E-state index contributed by atoms with van der Waals surface area (Å²) in [6, 6.07) is 8.60. The number of aryl methyl sites for hydroxylation is 2. The van der Waals surface area contributed by atoms with E-state index in [1.807, 2.05) is 34.1 Å². The van der Waals surface area contributed by atoms with Gasteiger partial charge in [-0.05, 0) is 56.0 Å². The number of halogens is 2. The fourth-order valence-corrected chi connectivity index (χ4v) is 6.04. The number of nitrogens with zero attached hydrogens (tertiary/aromatic N) is 5. The number of hydrogen-bond acceptors (Lipinski definition) is 5. The quantitative estimate of drug-likeness (QED) is 0.451. The number of aromatic nitrogens is 4. The zero-order valence-electron chi connectivity index (χ0n) is 20.4. The summed E-state index contributed by atoms with van der Waals surface area (Å²) in [5.41, 5.74) is 9.20. The molecule has 1 aliphatic carbocycles. The van der Waals surface area contributed by atoms with Gasteiger partial charge in [0, 0.05) is 43.2 Å². The van der Waals surface area contributed by atoms with Crippen LogP contribution in [0.15, 0.2) is 30.3 Å². The van der Waals surface area contributed by atoms with Crippen LogP contribution in [0.2, 0.25) is 0 Å². The third kappa shape index (κ3) is 3.23. The highest BCUT2D eigenvalue weighted by Gasteiger charge is 2.47. The molecule has 4 aromatic rings. The normalized spacial score (nSPS) is 21.4. The van der Waals surface area contributed by atoms with Gasteiger partial charge in [0.1, 0.15) is 22.6 Å². The molecule has 2 aliphatic rings. The average molecular weight is 495 g/mol.